The molecule has 1 aliphatic heterocycles. The maximum Gasteiger partial charge on any atom is 0.276 e. The summed E-state index contributed by atoms with van der Waals surface area (Å²) in [6, 6.07) is 13.4. The minimum absolute atomic E-state index is 0.157. The van der Waals surface area contributed by atoms with E-state index in [1.165, 1.54) is 6.20 Å². The molecule has 0 radical (unpaired) electrons. The van der Waals surface area contributed by atoms with Gasteiger partial charge in [0.2, 0.25) is 0 Å². The number of fused-ring (bicyclic) bond motifs is 3. The standard InChI is InChI=1S/C17H12BrN3O2/c18-13-3-1-2-4-15(13)23-12-6-7-14-11(9-12)5-8-16-20-19-10-17(22)21(14)16/h1-4,6-7,9-10H,5,8H2. The SMILES string of the molecule is O=c1cnnc2n1-c1ccc(Oc3ccccc3Br)cc1CC2. The lowest BCUT2D eigenvalue weighted by Crippen LogP contribution is -2.28. The van der Waals surface area contributed by atoms with E-state index in [9.17, 15) is 4.79 Å². The molecule has 4 rings (SSSR count). The van der Waals surface area contributed by atoms with Crippen LogP contribution in [0, 0.1) is 0 Å². The van der Waals surface area contributed by atoms with Gasteiger partial charge in [-0.25, -0.2) is 0 Å². The molecule has 0 N–H and O–H groups in total. The van der Waals surface area contributed by atoms with E-state index in [-0.39, 0.29) is 5.56 Å². The molecule has 5 nitrogen and oxygen atoms in total. The van der Waals surface area contributed by atoms with Crippen molar-refractivity contribution in [3.05, 3.63) is 74.9 Å². The summed E-state index contributed by atoms with van der Waals surface area (Å²) in [5.74, 6) is 2.20. The number of hydrogen-bond acceptors (Lipinski definition) is 4. The number of hydrogen-bond donors (Lipinski definition) is 0. The quantitative estimate of drug-likeness (QED) is 0.695. The lowest BCUT2D eigenvalue weighted by molar-refractivity contribution is 0.478. The molecule has 0 spiro atoms. The van der Waals surface area contributed by atoms with Crippen molar-refractivity contribution in [2.45, 2.75) is 12.8 Å². The van der Waals surface area contributed by atoms with E-state index < -0.39 is 0 Å². The second kappa shape index (κ2) is 5.62. The molecule has 0 aliphatic carbocycles. The third-order valence-corrected chi connectivity index (χ3v) is 4.45. The summed E-state index contributed by atoms with van der Waals surface area (Å²) < 4.78 is 8.45. The number of halogens is 1. The zero-order valence-corrected chi connectivity index (χ0v) is 13.7. The summed E-state index contributed by atoms with van der Waals surface area (Å²) in [5.41, 5.74) is 1.76. The number of aryl methyl sites for hydroxylation is 2. The summed E-state index contributed by atoms with van der Waals surface area (Å²) in [6.07, 6.45) is 2.74. The Balaban J connectivity index is 1.75. The van der Waals surface area contributed by atoms with Gasteiger partial charge in [0.15, 0.2) is 0 Å². The van der Waals surface area contributed by atoms with E-state index in [4.69, 9.17) is 4.74 Å². The molecule has 0 fully saturated rings. The zero-order chi connectivity index (χ0) is 15.8. The molecule has 0 atom stereocenters. The van der Waals surface area contributed by atoms with E-state index in [0.29, 0.717) is 12.2 Å². The Labute approximate surface area is 140 Å². The molecule has 2 aromatic carbocycles. The summed E-state index contributed by atoms with van der Waals surface area (Å²) in [4.78, 5) is 12.1. The normalized spacial score (nSPS) is 12.4. The lowest BCUT2D eigenvalue weighted by atomic mass is 10.0. The van der Waals surface area contributed by atoms with Crippen LogP contribution in [-0.4, -0.2) is 14.8 Å². The molecule has 114 valence electrons. The Morgan fingerprint density at radius 3 is 2.87 bits per heavy atom. The Morgan fingerprint density at radius 1 is 1.13 bits per heavy atom. The Bertz CT molecular complexity index is 953. The van der Waals surface area contributed by atoms with Crippen LogP contribution in [0.1, 0.15) is 11.4 Å². The highest BCUT2D eigenvalue weighted by atomic mass is 79.9. The minimum atomic E-state index is -0.157. The van der Waals surface area contributed by atoms with E-state index in [1.54, 1.807) is 4.57 Å². The van der Waals surface area contributed by atoms with Gasteiger partial charge in [-0.2, -0.15) is 5.10 Å². The largest absolute Gasteiger partial charge is 0.456 e. The van der Waals surface area contributed by atoms with Crippen LogP contribution in [0.5, 0.6) is 11.5 Å². The third-order valence-electron chi connectivity index (χ3n) is 3.79. The van der Waals surface area contributed by atoms with E-state index in [2.05, 4.69) is 26.1 Å². The van der Waals surface area contributed by atoms with Crippen LogP contribution in [0.2, 0.25) is 0 Å². The first kappa shape index (κ1) is 14.1. The van der Waals surface area contributed by atoms with E-state index >= 15 is 0 Å². The van der Waals surface area contributed by atoms with Crippen molar-refractivity contribution in [1.29, 1.82) is 0 Å². The van der Waals surface area contributed by atoms with Crippen LogP contribution in [0.15, 0.2) is 57.9 Å². The number of rotatable bonds is 2. The molecule has 23 heavy (non-hydrogen) atoms. The molecular formula is C17H12BrN3O2. The van der Waals surface area contributed by atoms with Crippen molar-refractivity contribution >= 4 is 15.9 Å². The van der Waals surface area contributed by atoms with Gasteiger partial charge in [-0.3, -0.25) is 9.36 Å². The zero-order valence-electron chi connectivity index (χ0n) is 12.1. The maximum absolute atomic E-state index is 12.1. The van der Waals surface area contributed by atoms with Gasteiger partial charge >= 0.3 is 0 Å². The van der Waals surface area contributed by atoms with Crippen molar-refractivity contribution in [3.63, 3.8) is 0 Å². The predicted molar refractivity (Wildman–Crippen MR) is 89.3 cm³/mol. The average molecular weight is 370 g/mol. The minimum Gasteiger partial charge on any atom is -0.456 e. The average Bonchev–Trinajstić information content (AvgIpc) is 2.57. The van der Waals surface area contributed by atoms with Crippen molar-refractivity contribution in [1.82, 2.24) is 14.8 Å². The molecule has 0 amide bonds. The third kappa shape index (κ3) is 2.55. The van der Waals surface area contributed by atoms with Gasteiger partial charge in [0.25, 0.3) is 5.56 Å². The fraction of sp³-hybridized carbons (Fsp3) is 0.118. The van der Waals surface area contributed by atoms with Crippen LogP contribution in [0.3, 0.4) is 0 Å². The van der Waals surface area contributed by atoms with Crippen LogP contribution >= 0.6 is 15.9 Å². The van der Waals surface area contributed by atoms with E-state index in [1.807, 2.05) is 42.5 Å². The van der Waals surface area contributed by atoms with Gasteiger partial charge in [0, 0.05) is 6.42 Å². The highest BCUT2D eigenvalue weighted by Crippen LogP contribution is 2.32. The van der Waals surface area contributed by atoms with Gasteiger partial charge in [-0.1, -0.05) is 12.1 Å². The first-order chi connectivity index (χ1) is 11.2. The molecular weight excluding hydrogens is 358 g/mol. The van der Waals surface area contributed by atoms with Crippen LogP contribution in [0.25, 0.3) is 5.69 Å². The number of aromatic nitrogens is 3. The van der Waals surface area contributed by atoms with Crippen molar-refractivity contribution in [3.8, 4) is 17.2 Å². The molecule has 2 heterocycles. The predicted octanol–water partition coefficient (Wildman–Crippen LogP) is 3.28. The Morgan fingerprint density at radius 2 is 2.00 bits per heavy atom. The smallest absolute Gasteiger partial charge is 0.276 e. The number of benzene rings is 2. The molecule has 6 heteroatoms. The van der Waals surface area contributed by atoms with E-state index in [0.717, 1.165) is 33.6 Å². The van der Waals surface area contributed by atoms with Crippen LogP contribution < -0.4 is 10.3 Å². The second-order valence-electron chi connectivity index (χ2n) is 5.26. The van der Waals surface area contributed by atoms with Crippen molar-refractivity contribution in [2.75, 3.05) is 0 Å². The van der Waals surface area contributed by atoms with Gasteiger partial charge in [-0.15, -0.1) is 5.10 Å². The summed E-state index contributed by atoms with van der Waals surface area (Å²) in [7, 11) is 0. The molecule has 0 unspecified atom stereocenters. The molecule has 0 saturated carbocycles. The number of para-hydroxylation sites is 1. The monoisotopic (exact) mass is 369 g/mol. The molecule has 0 saturated heterocycles. The van der Waals surface area contributed by atoms with Crippen molar-refractivity contribution in [2.24, 2.45) is 0 Å². The van der Waals surface area contributed by atoms with Gasteiger partial charge in [0.05, 0.1) is 10.2 Å². The Hall–Kier alpha value is -2.47. The fourth-order valence-corrected chi connectivity index (χ4v) is 3.10. The maximum atomic E-state index is 12.1. The first-order valence-corrected chi connectivity index (χ1v) is 8.01. The molecule has 1 aromatic heterocycles. The number of ether oxygens (including phenoxy) is 1. The van der Waals surface area contributed by atoms with Crippen molar-refractivity contribution < 1.29 is 4.74 Å². The fourth-order valence-electron chi connectivity index (χ4n) is 2.74. The summed E-state index contributed by atoms with van der Waals surface area (Å²) >= 11 is 3.47. The molecule has 3 aromatic rings. The second-order valence-corrected chi connectivity index (χ2v) is 6.11. The highest BCUT2D eigenvalue weighted by molar-refractivity contribution is 9.10. The summed E-state index contributed by atoms with van der Waals surface area (Å²) in [6.45, 7) is 0. The lowest BCUT2D eigenvalue weighted by Gasteiger charge is -2.20. The number of nitrogens with zero attached hydrogens (tertiary/aromatic N) is 3. The van der Waals surface area contributed by atoms with Crippen LogP contribution in [-0.2, 0) is 12.8 Å². The molecule has 0 bridgehead atoms. The Kier molecular flexibility index (Phi) is 3.46. The molecule has 1 aliphatic rings. The first-order valence-electron chi connectivity index (χ1n) is 7.22. The summed E-state index contributed by atoms with van der Waals surface area (Å²) in [5, 5.41) is 7.80. The highest BCUT2D eigenvalue weighted by Gasteiger charge is 2.19. The van der Waals surface area contributed by atoms with Crippen LogP contribution in [0.4, 0.5) is 0 Å². The van der Waals surface area contributed by atoms with Gasteiger partial charge < -0.3 is 4.74 Å². The van der Waals surface area contributed by atoms with Gasteiger partial charge in [0.1, 0.15) is 23.5 Å². The topological polar surface area (TPSA) is 57.0 Å². The van der Waals surface area contributed by atoms with Gasteiger partial charge in [-0.05, 0) is 58.2 Å².